The van der Waals surface area contributed by atoms with E-state index in [-0.39, 0.29) is 43.2 Å². The monoisotopic (exact) mass is 794 g/mol. The number of likely N-dealkylation sites (tertiary alicyclic amines) is 1. The third-order valence-electron chi connectivity index (χ3n) is 10.8. The van der Waals surface area contributed by atoms with Crippen molar-refractivity contribution in [3.63, 3.8) is 0 Å². The van der Waals surface area contributed by atoms with Crippen LogP contribution < -0.4 is 25.6 Å². The lowest BCUT2D eigenvalue weighted by atomic mass is 9.85. The van der Waals surface area contributed by atoms with Crippen molar-refractivity contribution in [1.82, 2.24) is 30.7 Å². The molecular weight excluding hydrogens is 741 g/mol. The normalized spacial score (nSPS) is 17.8. The molecule has 0 radical (unpaired) electrons. The summed E-state index contributed by atoms with van der Waals surface area (Å²) in [5, 5.41) is 26.1. The van der Waals surface area contributed by atoms with E-state index in [1.54, 1.807) is 43.6 Å². The standard InChI is InChI=1S/C43H54N8O7/c1-26-9-7-10-27(2)31(26)23-44-41(55)36-22-29(52)24-51(36)42(56)39(43(3,4)5)48-38(53)25-58-30-16-19-50(20-17-30)28-13-14-34(37(21-28)57-6)47-40(54)35-12-8-11-32(46-35)33-15-18-45-49-33/h7-15,18,21,29-30,36,39,52H,16-17,19-20,22-25H2,1-6H3,(H,44,55)(H,45,49)(H,47,54)(H,48,53)/t29-,36+,39-/m1/s1. The SMILES string of the molecule is COc1cc(N2CCC(OCC(=O)N[C@H](C(=O)N3C[C@H](O)C[C@H]3C(=O)NCc3c(C)cccc3C)C(C)(C)C)CC2)ccc1NC(=O)c1cccc(-c2ccn[nH]2)n1. The van der Waals surface area contributed by atoms with E-state index < -0.39 is 35.4 Å². The van der Waals surface area contributed by atoms with Crippen LogP contribution in [0.2, 0.25) is 0 Å². The van der Waals surface area contributed by atoms with E-state index in [4.69, 9.17) is 9.47 Å². The smallest absolute Gasteiger partial charge is 0.274 e. The van der Waals surface area contributed by atoms with Crippen molar-refractivity contribution in [2.75, 3.05) is 43.6 Å². The number of methoxy groups -OCH3 is 1. The Morgan fingerprint density at radius 2 is 1.72 bits per heavy atom. The number of pyridine rings is 1. The van der Waals surface area contributed by atoms with Crippen molar-refractivity contribution in [2.24, 2.45) is 5.41 Å². The van der Waals surface area contributed by atoms with Gasteiger partial charge in [-0.3, -0.25) is 24.3 Å². The lowest BCUT2D eigenvalue weighted by molar-refractivity contribution is -0.145. The molecule has 2 aliphatic rings. The van der Waals surface area contributed by atoms with Crippen LogP contribution in [0.25, 0.3) is 11.4 Å². The van der Waals surface area contributed by atoms with Gasteiger partial charge >= 0.3 is 0 Å². The van der Waals surface area contributed by atoms with Gasteiger partial charge in [0, 0.05) is 50.6 Å². The molecule has 6 rings (SSSR count). The predicted molar refractivity (Wildman–Crippen MR) is 219 cm³/mol. The molecular formula is C43H54N8O7. The lowest BCUT2D eigenvalue weighted by Crippen LogP contribution is -2.58. The number of aromatic nitrogens is 3. The largest absolute Gasteiger partial charge is 0.494 e. The topological polar surface area (TPSA) is 191 Å². The van der Waals surface area contributed by atoms with E-state index in [2.05, 4.69) is 36.0 Å². The van der Waals surface area contributed by atoms with E-state index in [9.17, 15) is 24.3 Å². The first-order valence-electron chi connectivity index (χ1n) is 19.6. The number of benzene rings is 2. The molecule has 0 unspecified atom stereocenters. The molecule has 3 atom stereocenters. The predicted octanol–water partition coefficient (Wildman–Crippen LogP) is 4.14. The van der Waals surface area contributed by atoms with Gasteiger partial charge in [-0.15, -0.1) is 0 Å². The Balaban J connectivity index is 0.997. The molecule has 0 aliphatic carbocycles. The Morgan fingerprint density at radius 1 is 1.00 bits per heavy atom. The van der Waals surface area contributed by atoms with Crippen LogP contribution >= 0.6 is 0 Å². The van der Waals surface area contributed by atoms with Crippen molar-refractivity contribution in [3.8, 4) is 17.1 Å². The number of aromatic amines is 1. The zero-order valence-electron chi connectivity index (χ0n) is 34.0. The Kier molecular flexibility index (Phi) is 13.1. The molecule has 58 heavy (non-hydrogen) atoms. The van der Waals surface area contributed by atoms with Crippen molar-refractivity contribution in [3.05, 3.63) is 89.2 Å². The number of hydrogen-bond acceptors (Lipinski definition) is 10. The summed E-state index contributed by atoms with van der Waals surface area (Å²) in [7, 11) is 1.55. The van der Waals surface area contributed by atoms with Gasteiger partial charge in [-0.25, -0.2) is 4.98 Å². The number of ether oxygens (including phenoxy) is 2. The maximum atomic E-state index is 14.0. The average Bonchev–Trinajstić information content (AvgIpc) is 3.89. The number of rotatable bonds is 13. The highest BCUT2D eigenvalue weighted by molar-refractivity contribution is 6.04. The molecule has 2 fully saturated rings. The van der Waals surface area contributed by atoms with Crippen LogP contribution in [0.3, 0.4) is 0 Å². The number of aliphatic hydroxyl groups is 1. The first-order chi connectivity index (χ1) is 27.7. The Bertz CT molecular complexity index is 2070. The molecule has 4 aromatic rings. The molecule has 0 bridgehead atoms. The van der Waals surface area contributed by atoms with Gasteiger partial charge in [0.1, 0.15) is 30.1 Å². The van der Waals surface area contributed by atoms with Crippen molar-refractivity contribution >= 4 is 35.0 Å². The minimum absolute atomic E-state index is 0.000296. The van der Waals surface area contributed by atoms with Crippen LogP contribution in [0.1, 0.15) is 67.2 Å². The van der Waals surface area contributed by atoms with Gasteiger partial charge in [-0.05, 0) is 79.1 Å². The number of nitrogens with one attached hydrogen (secondary N) is 4. The molecule has 2 aliphatic heterocycles. The summed E-state index contributed by atoms with van der Waals surface area (Å²) in [6.07, 6.45) is 2.04. The first-order valence-corrected chi connectivity index (χ1v) is 19.6. The van der Waals surface area contributed by atoms with Gasteiger partial charge in [-0.2, -0.15) is 5.10 Å². The number of nitrogens with zero attached hydrogens (tertiary/aromatic N) is 4. The summed E-state index contributed by atoms with van der Waals surface area (Å²) in [6, 6.07) is 16.7. The second-order valence-corrected chi connectivity index (χ2v) is 16.1. The second-order valence-electron chi connectivity index (χ2n) is 16.1. The maximum Gasteiger partial charge on any atom is 0.274 e. The van der Waals surface area contributed by atoms with Gasteiger partial charge in [0.05, 0.1) is 36.4 Å². The molecule has 0 spiro atoms. The molecule has 2 aromatic carbocycles. The van der Waals surface area contributed by atoms with Gasteiger partial charge in [0.25, 0.3) is 5.91 Å². The maximum absolute atomic E-state index is 14.0. The molecule has 2 aromatic heterocycles. The lowest BCUT2D eigenvalue weighted by Gasteiger charge is -2.36. The summed E-state index contributed by atoms with van der Waals surface area (Å²) < 4.78 is 11.7. The number of hydrogen-bond donors (Lipinski definition) is 5. The number of H-pyrrole nitrogens is 1. The zero-order valence-corrected chi connectivity index (χ0v) is 34.0. The number of anilines is 2. The summed E-state index contributed by atoms with van der Waals surface area (Å²) in [6.45, 7) is 10.9. The number of aryl methyl sites for hydroxylation is 2. The minimum atomic E-state index is -0.948. The van der Waals surface area contributed by atoms with E-state index >= 15 is 0 Å². The fraction of sp³-hybridized carbons (Fsp3) is 0.442. The van der Waals surface area contributed by atoms with Gasteiger partial charge in [-0.1, -0.05) is 45.0 Å². The van der Waals surface area contributed by atoms with E-state index in [1.165, 1.54) is 4.90 Å². The molecule has 2 saturated heterocycles. The average molecular weight is 795 g/mol. The molecule has 4 amide bonds. The van der Waals surface area contributed by atoms with Crippen LogP contribution in [-0.4, -0.2) is 106 Å². The fourth-order valence-electron chi connectivity index (χ4n) is 7.49. The van der Waals surface area contributed by atoms with Crippen molar-refractivity contribution < 1.29 is 33.8 Å². The number of piperidine rings is 1. The second kappa shape index (κ2) is 18.2. The fourth-order valence-corrected chi connectivity index (χ4v) is 7.49. The van der Waals surface area contributed by atoms with Gasteiger partial charge < -0.3 is 40.3 Å². The van der Waals surface area contributed by atoms with Gasteiger partial charge in [0.2, 0.25) is 17.7 Å². The number of amides is 4. The van der Waals surface area contributed by atoms with E-state index in [1.807, 2.05) is 65.0 Å². The summed E-state index contributed by atoms with van der Waals surface area (Å²) in [4.78, 5) is 61.9. The Morgan fingerprint density at radius 3 is 2.40 bits per heavy atom. The molecule has 308 valence electrons. The van der Waals surface area contributed by atoms with E-state index in [0.717, 1.165) is 22.4 Å². The molecule has 15 heteroatoms. The van der Waals surface area contributed by atoms with Crippen LogP contribution in [0.5, 0.6) is 5.75 Å². The van der Waals surface area contributed by atoms with Gasteiger partial charge in [0.15, 0.2) is 0 Å². The highest BCUT2D eigenvalue weighted by Gasteiger charge is 2.44. The quantitative estimate of drug-likeness (QED) is 0.132. The highest BCUT2D eigenvalue weighted by atomic mass is 16.5. The molecule has 4 heterocycles. The third-order valence-corrected chi connectivity index (χ3v) is 10.8. The highest BCUT2D eigenvalue weighted by Crippen LogP contribution is 2.32. The molecule has 15 nitrogen and oxygen atoms in total. The number of carbonyl (C=O) groups is 4. The number of aliphatic hydroxyl groups excluding tert-OH is 1. The summed E-state index contributed by atoms with van der Waals surface area (Å²) in [5.74, 6) is -1.07. The van der Waals surface area contributed by atoms with Crippen LogP contribution in [-0.2, 0) is 25.7 Å². The van der Waals surface area contributed by atoms with Crippen LogP contribution in [0.4, 0.5) is 11.4 Å². The Hall–Kier alpha value is -5.80. The zero-order chi connectivity index (χ0) is 41.6. The van der Waals surface area contributed by atoms with E-state index in [0.29, 0.717) is 55.3 Å². The molecule has 0 saturated carbocycles. The van der Waals surface area contributed by atoms with Crippen LogP contribution in [0.15, 0.2) is 66.9 Å². The first kappa shape index (κ1) is 41.8. The summed E-state index contributed by atoms with van der Waals surface area (Å²) >= 11 is 0. The third kappa shape index (κ3) is 10.0. The van der Waals surface area contributed by atoms with Crippen LogP contribution in [0, 0.1) is 19.3 Å². The summed E-state index contributed by atoms with van der Waals surface area (Å²) in [5.41, 5.74) is 5.42. The van der Waals surface area contributed by atoms with Crippen molar-refractivity contribution in [1.29, 1.82) is 0 Å². The number of carbonyl (C=O) groups excluding carboxylic acids is 4. The number of β-amino-alcohol motifs (C(OH)–C–C–N with tert-alkyl or cyclic N) is 1. The molecule has 5 N–H and O–H groups in total. The minimum Gasteiger partial charge on any atom is -0.494 e. The Labute approximate surface area is 338 Å². The van der Waals surface area contributed by atoms with Crippen molar-refractivity contribution in [2.45, 2.75) is 84.7 Å².